The maximum Gasteiger partial charge on any atom is 0.400 e. The molecule has 134 valence electrons. The lowest BCUT2D eigenvalue weighted by molar-refractivity contribution is -0.158. The molecule has 0 aromatic rings. The number of aliphatic hydroxyl groups is 1. The molecule has 2 rings (SSSR count). The molecular formula is C14H23F2O6P. The minimum Gasteiger partial charge on any atom is -0.386 e. The highest BCUT2D eigenvalue weighted by Crippen LogP contribution is 2.66. The maximum absolute atomic E-state index is 15.0. The van der Waals surface area contributed by atoms with E-state index in [2.05, 4.69) is 0 Å². The van der Waals surface area contributed by atoms with Gasteiger partial charge in [0, 0.05) is 0 Å². The van der Waals surface area contributed by atoms with Crippen LogP contribution in [0.5, 0.6) is 0 Å². The van der Waals surface area contributed by atoms with Crippen LogP contribution in [0.3, 0.4) is 0 Å². The average molecular weight is 356 g/mol. The minimum atomic E-state index is -4.70. The van der Waals surface area contributed by atoms with Crippen LogP contribution in [-0.2, 0) is 23.1 Å². The van der Waals surface area contributed by atoms with Crippen molar-refractivity contribution in [2.45, 2.75) is 57.5 Å². The molecule has 4 atom stereocenters. The smallest absolute Gasteiger partial charge is 0.386 e. The highest BCUT2D eigenvalue weighted by atomic mass is 31.2. The molecule has 0 unspecified atom stereocenters. The van der Waals surface area contributed by atoms with E-state index in [4.69, 9.17) is 18.5 Å². The Balaban J connectivity index is 2.37. The van der Waals surface area contributed by atoms with E-state index in [1.165, 1.54) is 19.9 Å². The zero-order valence-corrected chi connectivity index (χ0v) is 14.5. The van der Waals surface area contributed by atoms with Crippen LogP contribution in [0.2, 0.25) is 0 Å². The summed E-state index contributed by atoms with van der Waals surface area (Å²) in [5, 5.41) is 9.94. The summed E-state index contributed by atoms with van der Waals surface area (Å²) in [6, 6.07) is 0. The van der Waals surface area contributed by atoms with Gasteiger partial charge in [-0.05, 0) is 27.7 Å². The fraction of sp³-hybridized carbons (Fsp3) is 0.857. The SMILES string of the molecule is CCOP(=O)(OCC)C(F)(F)[C@H]1C=C[C@@H](O)[C@@H]2OC(C)(C)O[C@@H]21. The van der Waals surface area contributed by atoms with E-state index >= 15 is 0 Å². The van der Waals surface area contributed by atoms with Crippen molar-refractivity contribution in [1.29, 1.82) is 0 Å². The first-order valence-electron chi connectivity index (χ1n) is 7.57. The second-order valence-corrected chi connectivity index (χ2v) is 7.99. The Labute approximate surface area is 134 Å². The van der Waals surface area contributed by atoms with Crippen molar-refractivity contribution in [3.05, 3.63) is 12.2 Å². The third kappa shape index (κ3) is 3.38. The molecule has 6 nitrogen and oxygen atoms in total. The Hall–Kier alpha value is -0.370. The highest BCUT2D eigenvalue weighted by molar-refractivity contribution is 7.55. The van der Waals surface area contributed by atoms with Gasteiger partial charge in [0.1, 0.15) is 18.3 Å². The summed E-state index contributed by atoms with van der Waals surface area (Å²) in [4.78, 5) is 0. The number of ether oxygens (including phenoxy) is 2. The van der Waals surface area contributed by atoms with Gasteiger partial charge in [-0.2, -0.15) is 8.78 Å². The quantitative estimate of drug-likeness (QED) is 0.583. The predicted molar refractivity (Wildman–Crippen MR) is 78.3 cm³/mol. The Morgan fingerprint density at radius 3 is 2.22 bits per heavy atom. The summed E-state index contributed by atoms with van der Waals surface area (Å²) in [5.74, 6) is -2.72. The zero-order chi connectivity index (χ0) is 17.5. The summed E-state index contributed by atoms with van der Waals surface area (Å²) in [5.41, 5.74) is -3.82. The van der Waals surface area contributed by atoms with Gasteiger partial charge in [-0.15, -0.1) is 0 Å². The molecule has 1 N–H and O–H groups in total. The van der Waals surface area contributed by atoms with E-state index in [1.807, 2.05) is 0 Å². The second kappa shape index (κ2) is 6.50. The lowest BCUT2D eigenvalue weighted by atomic mass is 9.89. The van der Waals surface area contributed by atoms with Crippen LogP contribution >= 0.6 is 7.60 Å². The summed E-state index contributed by atoms with van der Waals surface area (Å²) in [6.45, 7) is 5.70. The van der Waals surface area contributed by atoms with Gasteiger partial charge < -0.3 is 23.6 Å². The highest BCUT2D eigenvalue weighted by Gasteiger charge is 2.64. The first-order valence-corrected chi connectivity index (χ1v) is 9.11. The van der Waals surface area contributed by atoms with Crippen LogP contribution in [0.25, 0.3) is 0 Å². The van der Waals surface area contributed by atoms with Gasteiger partial charge in [-0.1, -0.05) is 12.2 Å². The summed E-state index contributed by atoms with van der Waals surface area (Å²) < 4.78 is 63.1. The molecule has 2 aliphatic rings. The molecule has 1 fully saturated rings. The number of rotatable bonds is 6. The number of aliphatic hydroxyl groups excluding tert-OH is 1. The van der Waals surface area contributed by atoms with Crippen LogP contribution in [0.1, 0.15) is 27.7 Å². The van der Waals surface area contributed by atoms with E-state index in [1.54, 1.807) is 13.8 Å². The summed E-state index contributed by atoms with van der Waals surface area (Å²) in [7, 11) is -4.70. The predicted octanol–water partition coefficient (Wildman–Crippen LogP) is 2.91. The van der Waals surface area contributed by atoms with E-state index in [9.17, 15) is 18.5 Å². The van der Waals surface area contributed by atoms with E-state index in [0.717, 1.165) is 6.08 Å². The summed E-state index contributed by atoms with van der Waals surface area (Å²) >= 11 is 0. The molecule has 23 heavy (non-hydrogen) atoms. The van der Waals surface area contributed by atoms with Crippen molar-refractivity contribution in [2.24, 2.45) is 5.92 Å². The van der Waals surface area contributed by atoms with Crippen molar-refractivity contribution in [3.63, 3.8) is 0 Å². The lowest BCUT2D eigenvalue weighted by Crippen LogP contribution is -2.48. The molecule has 9 heteroatoms. The first-order chi connectivity index (χ1) is 10.6. The standard InChI is InChI=1S/C14H23F2O6P/c1-5-19-23(18,20-6-2)14(15,16)9-7-8-10(17)12-11(9)21-13(3,4)22-12/h7-12,17H,5-6H2,1-4H3/t9-,10+,11+,12-/m0/s1. The molecular weight excluding hydrogens is 333 g/mol. The van der Waals surface area contributed by atoms with Gasteiger partial charge in [0.15, 0.2) is 5.79 Å². The van der Waals surface area contributed by atoms with Gasteiger partial charge >= 0.3 is 13.3 Å². The third-order valence-electron chi connectivity index (χ3n) is 3.73. The van der Waals surface area contributed by atoms with Crippen molar-refractivity contribution in [2.75, 3.05) is 13.2 Å². The van der Waals surface area contributed by atoms with E-state index in [0.29, 0.717) is 0 Å². The summed E-state index contributed by atoms with van der Waals surface area (Å²) in [6.07, 6.45) is -0.905. The van der Waals surface area contributed by atoms with Crippen LogP contribution in [0.4, 0.5) is 8.78 Å². The molecule has 0 radical (unpaired) electrons. The van der Waals surface area contributed by atoms with Crippen LogP contribution in [0.15, 0.2) is 12.2 Å². The van der Waals surface area contributed by atoms with Gasteiger partial charge in [-0.3, -0.25) is 4.57 Å². The first kappa shape index (κ1) is 19.0. The number of alkyl halides is 2. The van der Waals surface area contributed by atoms with Gasteiger partial charge in [0.25, 0.3) is 0 Å². The monoisotopic (exact) mass is 356 g/mol. The number of halogens is 2. The molecule has 1 aliphatic carbocycles. The Kier molecular flexibility index (Phi) is 5.36. The van der Waals surface area contributed by atoms with Crippen molar-refractivity contribution >= 4 is 7.60 Å². The van der Waals surface area contributed by atoms with Crippen molar-refractivity contribution < 1.29 is 37.0 Å². The number of hydrogen-bond acceptors (Lipinski definition) is 6. The van der Waals surface area contributed by atoms with E-state index in [-0.39, 0.29) is 13.2 Å². The molecule has 0 saturated carbocycles. The van der Waals surface area contributed by atoms with Crippen molar-refractivity contribution in [3.8, 4) is 0 Å². The molecule has 0 spiro atoms. The fourth-order valence-corrected chi connectivity index (χ4v) is 4.55. The lowest BCUT2D eigenvalue weighted by Gasteiger charge is -2.37. The molecule has 0 amide bonds. The molecule has 0 aromatic carbocycles. The third-order valence-corrected chi connectivity index (χ3v) is 5.96. The Morgan fingerprint density at radius 1 is 1.17 bits per heavy atom. The fourth-order valence-electron chi connectivity index (χ4n) is 2.86. The minimum absolute atomic E-state index is 0.178. The molecule has 0 bridgehead atoms. The van der Waals surface area contributed by atoms with Crippen LogP contribution in [-0.4, -0.2) is 48.1 Å². The Bertz CT molecular complexity index is 499. The topological polar surface area (TPSA) is 74.2 Å². The van der Waals surface area contributed by atoms with Gasteiger partial charge in [0.2, 0.25) is 0 Å². The molecule has 1 heterocycles. The van der Waals surface area contributed by atoms with Crippen LogP contribution < -0.4 is 0 Å². The number of fused-ring (bicyclic) bond motifs is 1. The van der Waals surface area contributed by atoms with Crippen molar-refractivity contribution in [1.82, 2.24) is 0 Å². The van der Waals surface area contributed by atoms with E-state index < -0.39 is 43.3 Å². The van der Waals surface area contributed by atoms with Crippen LogP contribution in [0, 0.1) is 5.92 Å². The molecule has 0 aromatic heterocycles. The maximum atomic E-state index is 15.0. The molecule has 1 saturated heterocycles. The number of hydrogen-bond donors (Lipinski definition) is 1. The Morgan fingerprint density at radius 2 is 1.70 bits per heavy atom. The average Bonchev–Trinajstić information content (AvgIpc) is 2.75. The second-order valence-electron chi connectivity index (χ2n) is 5.89. The molecule has 1 aliphatic heterocycles. The van der Waals surface area contributed by atoms with Gasteiger partial charge in [0.05, 0.1) is 19.1 Å². The normalized spacial score (nSPS) is 33.7. The largest absolute Gasteiger partial charge is 0.400 e. The van der Waals surface area contributed by atoms with Gasteiger partial charge in [-0.25, -0.2) is 0 Å². The zero-order valence-electron chi connectivity index (χ0n) is 13.6.